The van der Waals surface area contributed by atoms with Crippen LogP contribution in [-0.4, -0.2) is 16.2 Å². The van der Waals surface area contributed by atoms with Gasteiger partial charge in [-0.15, -0.1) is 0 Å². The number of carboxylic acids is 1. The highest BCUT2D eigenvalue weighted by Crippen LogP contribution is 2.27. The molecule has 15 heavy (non-hydrogen) atoms. The zero-order valence-electron chi connectivity index (χ0n) is 7.95. The molecule has 2 unspecified atom stereocenters. The Hall–Kier alpha value is -0.770. The highest BCUT2D eigenvalue weighted by Gasteiger charge is 2.23. The van der Waals surface area contributed by atoms with Crippen molar-refractivity contribution in [3.63, 3.8) is 0 Å². The minimum absolute atomic E-state index is 0.370. The Morgan fingerprint density at radius 3 is 2.13 bits per heavy atom. The monoisotopic (exact) mass is 248 g/mol. The number of rotatable bonds is 3. The smallest absolute Gasteiger partial charge is 0.309 e. The van der Waals surface area contributed by atoms with Gasteiger partial charge in [0.05, 0.1) is 12.0 Å². The summed E-state index contributed by atoms with van der Waals surface area (Å²) < 4.78 is 0. The summed E-state index contributed by atoms with van der Waals surface area (Å²) in [4.78, 5) is 10.7. The summed E-state index contributed by atoms with van der Waals surface area (Å²) in [5.41, 5.74) is 0.405. The Bertz CT molecular complexity index is 359. The molecule has 0 amide bonds. The minimum Gasteiger partial charge on any atom is -0.481 e. The fraction of sp³-hybridized carbons (Fsp3) is 0.300. The van der Waals surface area contributed by atoms with Crippen molar-refractivity contribution in [1.82, 2.24) is 0 Å². The molecule has 0 saturated heterocycles. The van der Waals surface area contributed by atoms with Crippen molar-refractivity contribution in [3.8, 4) is 0 Å². The Labute approximate surface area is 97.2 Å². The van der Waals surface area contributed by atoms with Gasteiger partial charge in [0.25, 0.3) is 0 Å². The number of aliphatic hydroxyl groups is 1. The number of hydrogen-bond acceptors (Lipinski definition) is 2. The fourth-order valence-electron chi connectivity index (χ4n) is 1.17. The van der Waals surface area contributed by atoms with Crippen LogP contribution in [0.5, 0.6) is 0 Å². The first kappa shape index (κ1) is 12.3. The van der Waals surface area contributed by atoms with E-state index in [2.05, 4.69) is 0 Å². The molecule has 0 aliphatic heterocycles. The van der Waals surface area contributed by atoms with Crippen LogP contribution in [0.1, 0.15) is 18.6 Å². The zero-order chi connectivity index (χ0) is 11.6. The summed E-state index contributed by atoms with van der Waals surface area (Å²) in [6.07, 6.45) is -1.11. The van der Waals surface area contributed by atoms with Gasteiger partial charge in [0, 0.05) is 10.0 Å². The third-order valence-electron chi connectivity index (χ3n) is 2.09. The molecule has 82 valence electrons. The molecule has 0 radical (unpaired) electrons. The highest BCUT2D eigenvalue weighted by molar-refractivity contribution is 6.34. The van der Waals surface area contributed by atoms with Crippen LogP contribution in [0.4, 0.5) is 0 Å². The molecule has 0 aliphatic carbocycles. The Morgan fingerprint density at radius 1 is 1.27 bits per heavy atom. The fourth-order valence-corrected chi connectivity index (χ4v) is 1.71. The molecule has 1 rings (SSSR count). The van der Waals surface area contributed by atoms with E-state index in [-0.39, 0.29) is 0 Å². The van der Waals surface area contributed by atoms with Gasteiger partial charge in [-0.3, -0.25) is 4.79 Å². The molecular formula is C10H10Cl2O3. The third kappa shape index (κ3) is 3.09. The van der Waals surface area contributed by atoms with E-state index in [0.29, 0.717) is 15.6 Å². The highest BCUT2D eigenvalue weighted by atomic mass is 35.5. The predicted molar refractivity (Wildman–Crippen MR) is 58.2 cm³/mol. The van der Waals surface area contributed by atoms with Crippen molar-refractivity contribution in [1.29, 1.82) is 0 Å². The van der Waals surface area contributed by atoms with E-state index in [1.807, 2.05) is 0 Å². The van der Waals surface area contributed by atoms with Crippen molar-refractivity contribution in [3.05, 3.63) is 33.8 Å². The van der Waals surface area contributed by atoms with E-state index >= 15 is 0 Å². The number of halogens is 2. The van der Waals surface area contributed by atoms with E-state index in [1.165, 1.54) is 25.1 Å². The van der Waals surface area contributed by atoms with Crippen molar-refractivity contribution in [2.75, 3.05) is 0 Å². The molecule has 0 saturated carbocycles. The van der Waals surface area contributed by atoms with E-state index in [4.69, 9.17) is 28.3 Å². The van der Waals surface area contributed by atoms with Crippen LogP contribution in [0, 0.1) is 5.92 Å². The average Bonchev–Trinajstić information content (AvgIpc) is 2.13. The van der Waals surface area contributed by atoms with Gasteiger partial charge in [0.15, 0.2) is 0 Å². The van der Waals surface area contributed by atoms with Crippen LogP contribution in [-0.2, 0) is 4.79 Å². The van der Waals surface area contributed by atoms with Gasteiger partial charge < -0.3 is 10.2 Å². The molecule has 1 aromatic carbocycles. The third-order valence-corrected chi connectivity index (χ3v) is 2.53. The van der Waals surface area contributed by atoms with Gasteiger partial charge in [-0.05, 0) is 30.7 Å². The van der Waals surface area contributed by atoms with E-state index < -0.39 is 18.0 Å². The van der Waals surface area contributed by atoms with Gasteiger partial charge in [0.1, 0.15) is 0 Å². The Morgan fingerprint density at radius 2 is 1.73 bits per heavy atom. The Balaban J connectivity index is 3.00. The summed E-state index contributed by atoms with van der Waals surface area (Å²) >= 11 is 11.5. The second-order valence-corrected chi connectivity index (χ2v) is 4.15. The normalized spacial score (nSPS) is 14.7. The summed E-state index contributed by atoms with van der Waals surface area (Å²) in [5.74, 6) is -1.97. The summed E-state index contributed by atoms with van der Waals surface area (Å²) in [7, 11) is 0. The maximum absolute atomic E-state index is 10.7. The lowest BCUT2D eigenvalue weighted by molar-refractivity contribution is -0.145. The molecule has 2 atom stereocenters. The molecule has 0 bridgehead atoms. The van der Waals surface area contributed by atoms with Crippen LogP contribution < -0.4 is 0 Å². The van der Waals surface area contributed by atoms with Crippen LogP contribution in [0.3, 0.4) is 0 Å². The first-order chi connectivity index (χ1) is 6.91. The zero-order valence-corrected chi connectivity index (χ0v) is 9.46. The maximum Gasteiger partial charge on any atom is 0.309 e. The second kappa shape index (κ2) is 4.84. The van der Waals surface area contributed by atoms with Gasteiger partial charge >= 0.3 is 5.97 Å². The molecule has 1 aromatic rings. The van der Waals surface area contributed by atoms with Gasteiger partial charge in [-0.25, -0.2) is 0 Å². The van der Waals surface area contributed by atoms with Crippen molar-refractivity contribution < 1.29 is 15.0 Å². The van der Waals surface area contributed by atoms with Crippen molar-refractivity contribution >= 4 is 29.2 Å². The first-order valence-corrected chi connectivity index (χ1v) is 5.04. The van der Waals surface area contributed by atoms with Gasteiger partial charge in [-0.1, -0.05) is 23.2 Å². The largest absolute Gasteiger partial charge is 0.481 e. The Kier molecular flexibility index (Phi) is 3.97. The lowest BCUT2D eigenvalue weighted by Gasteiger charge is -2.15. The summed E-state index contributed by atoms with van der Waals surface area (Å²) in [6, 6.07) is 4.51. The molecule has 5 heteroatoms. The number of carboxylic acid groups (broad SMARTS) is 1. The molecular weight excluding hydrogens is 239 g/mol. The molecule has 0 aliphatic rings. The van der Waals surface area contributed by atoms with E-state index in [0.717, 1.165) is 0 Å². The predicted octanol–water partition coefficient (Wildman–Crippen LogP) is 2.75. The number of carbonyl (C=O) groups is 1. The van der Waals surface area contributed by atoms with Crippen LogP contribution in [0.25, 0.3) is 0 Å². The average molecular weight is 249 g/mol. The minimum atomic E-state index is -1.11. The molecule has 0 aromatic heterocycles. The van der Waals surface area contributed by atoms with Crippen LogP contribution in [0.15, 0.2) is 18.2 Å². The van der Waals surface area contributed by atoms with Crippen LogP contribution >= 0.6 is 23.2 Å². The SMILES string of the molecule is CC(C(=O)O)C(O)c1cc(Cl)cc(Cl)c1. The number of aliphatic carboxylic acids is 1. The quantitative estimate of drug-likeness (QED) is 0.865. The lowest BCUT2D eigenvalue weighted by atomic mass is 9.98. The molecule has 2 N–H and O–H groups in total. The lowest BCUT2D eigenvalue weighted by Crippen LogP contribution is -2.18. The van der Waals surface area contributed by atoms with E-state index in [1.54, 1.807) is 0 Å². The second-order valence-electron chi connectivity index (χ2n) is 3.27. The van der Waals surface area contributed by atoms with Gasteiger partial charge in [0.2, 0.25) is 0 Å². The van der Waals surface area contributed by atoms with Crippen molar-refractivity contribution in [2.45, 2.75) is 13.0 Å². The number of hydrogen-bond donors (Lipinski definition) is 2. The van der Waals surface area contributed by atoms with Crippen molar-refractivity contribution in [2.24, 2.45) is 5.92 Å². The first-order valence-electron chi connectivity index (χ1n) is 4.28. The topological polar surface area (TPSA) is 57.5 Å². The molecule has 3 nitrogen and oxygen atoms in total. The summed E-state index contributed by atoms with van der Waals surface area (Å²) in [6.45, 7) is 1.42. The standard InChI is InChI=1S/C10H10Cl2O3/c1-5(10(14)15)9(13)6-2-7(11)4-8(12)3-6/h2-5,9,13H,1H3,(H,14,15). The molecule has 0 heterocycles. The summed E-state index contributed by atoms with van der Waals surface area (Å²) in [5, 5.41) is 19.2. The van der Waals surface area contributed by atoms with Crippen LogP contribution in [0.2, 0.25) is 10.0 Å². The molecule has 0 fully saturated rings. The molecule has 0 spiro atoms. The van der Waals surface area contributed by atoms with E-state index in [9.17, 15) is 9.90 Å². The maximum atomic E-state index is 10.7. The number of aliphatic hydroxyl groups excluding tert-OH is 1. The number of benzene rings is 1. The van der Waals surface area contributed by atoms with Gasteiger partial charge in [-0.2, -0.15) is 0 Å².